The molecule has 1 saturated carbocycles. The van der Waals surface area contributed by atoms with E-state index < -0.39 is 9.05 Å². The van der Waals surface area contributed by atoms with Crippen LogP contribution >= 0.6 is 10.7 Å². The zero-order valence-electron chi connectivity index (χ0n) is 10.5. The second-order valence-corrected chi connectivity index (χ2v) is 7.85. The number of H-pyrrole nitrogens is 1. The van der Waals surface area contributed by atoms with Crippen LogP contribution in [-0.2, 0) is 15.5 Å². The van der Waals surface area contributed by atoms with Gasteiger partial charge in [-0.05, 0) is 35.8 Å². The summed E-state index contributed by atoms with van der Waals surface area (Å²) in [4.78, 5) is 4.05. The first-order valence-electron chi connectivity index (χ1n) is 6.50. The van der Waals surface area contributed by atoms with Gasteiger partial charge in [0.25, 0.3) is 14.2 Å². The van der Waals surface area contributed by atoms with Gasteiger partial charge in [-0.25, -0.2) is 13.4 Å². The van der Waals surface area contributed by atoms with Crippen LogP contribution in [-0.4, -0.2) is 23.6 Å². The third-order valence-corrected chi connectivity index (χ3v) is 5.38. The number of fused-ring (bicyclic) bond motifs is 3. The van der Waals surface area contributed by atoms with Crippen LogP contribution in [0, 0.1) is 5.92 Å². The summed E-state index contributed by atoms with van der Waals surface area (Å²) in [5.74, 6) is 1.83. The molecule has 0 amide bonds. The maximum absolute atomic E-state index is 11.2. The van der Waals surface area contributed by atoms with Crippen molar-refractivity contribution in [3.63, 3.8) is 0 Å². The predicted molar refractivity (Wildman–Crippen MR) is 73.2 cm³/mol. The molecule has 4 rings (SSSR count). The minimum absolute atomic E-state index is 0.235. The number of aromatic nitrogens is 3. The summed E-state index contributed by atoms with van der Waals surface area (Å²) in [6.07, 6.45) is 2.18. The van der Waals surface area contributed by atoms with E-state index in [1.807, 2.05) is 6.07 Å². The molecule has 0 radical (unpaired) electrons. The highest BCUT2D eigenvalue weighted by Crippen LogP contribution is 2.64. The molecule has 7 heteroatoms. The molecular formula is C13H12ClN3O2S. The van der Waals surface area contributed by atoms with Crippen LogP contribution in [0.3, 0.4) is 0 Å². The van der Waals surface area contributed by atoms with E-state index in [-0.39, 0.29) is 11.1 Å². The summed E-state index contributed by atoms with van der Waals surface area (Å²) in [7, 11) is 1.40. The summed E-state index contributed by atoms with van der Waals surface area (Å²) in [5, 5.41) is 6.12. The zero-order valence-corrected chi connectivity index (χ0v) is 12.0. The van der Waals surface area contributed by atoms with Crippen LogP contribution < -0.4 is 0 Å². The van der Waals surface area contributed by atoms with Gasteiger partial charge >= 0.3 is 0 Å². The molecule has 1 N–H and O–H groups in total. The van der Waals surface area contributed by atoms with E-state index in [0.29, 0.717) is 17.7 Å². The monoisotopic (exact) mass is 309 g/mol. The Morgan fingerprint density at radius 2 is 2.05 bits per heavy atom. The fraction of sp³-hybridized carbons (Fsp3) is 0.385. The first-order valence-corrected chi connectivity index (χ1v) is 8.81. The number of hydrogen-bond acceptors (Lipinski definition) is 4. The Morgan fingerprint density at radius 3 is 2.80 bits per heavy atom. The molecule has 0 saturated heterocycles. The number of rotatable bonds is 2. The van der Waals surface area contributed by atoms with Crippen molar-refractivity contribution < 1.29 is 8.42 Å². The van der Waals surface area contributed by atoms with Gasteiger partial charge in [-0.15, -0.1) is 5.10 Å². The third kappa shape index (κ3) is 1.78. The highest BCUT2D eigenvalue weighted by molar-refractivity contribution is 8.13. The molecule has 20 heavy (non-hydrogen) atoms. The van der Waals surface area contributed by atoms with Crippen LogP contribution in [0.5, 0.6) is 0 Å². The van der Waals surface area contributed by atoms with Crippen molar-refractivity contribution in [3.05, 3.63) is 41.2 Å². The highest BCUT2D eigenvalue weighted by Gasteiger charge is 2.55. The number of nitrogens with zero attached hydrogens (tertiary/aromatic N) is 2. The Bertz CT molecular complexity index is 786. The number of aromatic amines is 1. The summed E-state index contributed by atoms with van der Waals surface area (Å²) >= 11 is 0. The van der Waals surface area contributed by atoms with Crippen molar-refractivity contribution in [1.82, 2.24) is 15.2 Å². The lowest BCUT2D eigenvalue weighted by Gasteiger charge is -2.13. The highest BCUT2D eigenvalue weighted by atomic mass is 35.7. The third-order valence-electron chi connectivity index (χ3n) is 4.35. The van der Waals surface area contributed by atoms with Crippen LogP contribution in [0.1, 0.15) is 35.2 Å². The number of aryl methyl sites for hydroxylation is 1. The van der Waals surface area contributed by atoms with Gasteiger partial charge in [-0.1, -0.05) is 24.3 Å². The minimum atomic E-state index is -3.86. The van der Waals surface area contributed by atoms with E-state index in [2.05, 4.69) is 33.4 Å². The van der Waals surface area contributed by atoms with Crippen LogP contribution in [0.15, 0.2) is 29.4 Å². The van der Waals surface area contributed by atoms with Crippen molar-refractivity contribution >= 4 is 19.7 Å². The van der Waals surface area contributed by atoms with Crippen LogP contribution in [0.2, 0.25) is 0 Å². The van der Waals surface area contributed by atoms with Crippen molar-refractivity contribution in [2.24, 2.45) is 5.92 Å². The molecule has 1 fully saturated rings. The molecule has 5 nitrogen and oxygen atoms in total. The van der Waals surface area contributed by atoms with E-state index in [4.69, 9.17) is 10.7 Å². The molecule has 2 aliphatic carbocycles. The molecule has 0 spiro atoms. The molecule has 1 aromatic carbocycles. The second kappa shape index (κ2) is 4.05. The first-order chi connectivity index (χ1) is 9.55. The molecule has 1 aromatic heterocycles. The van der Waals surface area contributed by atoms with Gasteiger partial charge in [-0.2, -0.15) is 0 Å². The SMILES string of the molecule is O=S(=O)(Cl)c1n[nH]c(C2C3CCc4ccccc4C32)n1. The molecular weight excluding hydrogens is 298 g/mol. The molecule has 3 unspecified atom stereocenters. The average molecular weight is 310 g/mol. The summed E-state index contributed by atoms with van der Waals surface area (Å²) in [5.41, 5.74) is 2.75. The van der Waals surface area contributed by atoms with E-state index in [9.17, 15) is 8.42 Å². The molecule has 2 aromatic rings. The Morgan fingerprint density at radius 1 is 1.25 bits per heavy atom. The number of halogens is 1. The molecule has 3 atom stereocenters. The maximum atomic E-state index is 11.2. The summed E-state index contributed by atoms with van der Waals surface area (Å²) in [6.45, 7) is 0. The number of nitrogens with one attached hydrogen (secondary N) is 1. The predicted octanol–water partition coefficient (Wildman–Crippen LogP) is 2.18. The maximum Gasteiger partial charge on any atom is 0.298 e. The quantitative estimate of drug-likeness (QED) is 0.863. The largest absolute Gasteiger partial charge is 0.298 e. The zero-order chi connectivity index (χ0) is 13.9. The van der Waals surface area contributed by atoms with E-state index in [0.717, 1.165) is 12.8 Å². The molecule has 0 bridgehead atoms. The fourth-order valence-corrected chi connectivity index (χ4v) is 4.02. The molecule has 104 valence electrons. The van der Waals surface area contributed by atoms with Crippen LogP contribution in [0.25, 0.3) is 0 Å². The molecule has 1 heterocycles. The number of benzene rings is 1. The van der Waals surface area contributed by atoms with E-state index in [1.165, 1.54) is 11.1 Å². The van der Waals surface area contributed by atoms with Gasteiger partial charge in [0.15, 0.2) is 0 Å². The van der Waals surface area contributed by atoms with Gasteiger partial charge in [-0.3, -0.25) is 5.10 Å². The standard InChI is InChI=1S/C13H12ClN3O2S/c14-20(18,19)13-15-12(16-17-13)11-9-6-5-7-3-1-2-4-8(7)10(9)11/h1-4,9-11H,5-6H2,(H,15,16,17). The van der Waals surface area contributed by atoms with E-state index >= 15 is 0 Å². The van der Waals surface area contributed by atoms with Crippen molar-refractivity contribution in [2.45, 2.75) is 29.8 Å². The summed E-state index contributed by atoms with van der Waals surface area (Å²) < 4.78 is 22.4. The smallest absolute Gasteiger partial charge is 0.262 e. The Balaban J connectivity index is 1.69. The topological polar surface area (TPSA) is 75.7 Å². The van der Waals surface area contributed by atoms with Crippen molar-refractivity contribution in [1.29, 1.82) is 0 Å². The molecule has 2 aliphatic rings. The second-order valence-electron chi connectivity index (χ2n) is 5.39. The first kappa shape index (κ1) is 12.3. The van der Waals surface area contributed by atoms with Gasteiger partial charge in [0.1, 0.15) is 5.82 Å². The van der Waals surface area contributed by atoms with E-state index in [1.54, 1.807) is 0 Å². The Kier molecular flexibility index (Phi) is 2.50. The van der Waals surface area contributed by atoms with Crippen LogP contribution in [0.4, 0.5) is 0 Å². The lowest BCUT2D eigenvalue weighted by atomic mass is 9.92. The van der Waals surface area contributed by atoms with Gasteiger partial charge in [0.2, 0.25) is 0 Å². The van der Waals surface area contributed by atoms with Gasteiger partial charge in [0, 0.05) is 16.6 Å². The van der Waals surface area contributed by atoms with Gasteiger partial charge in [0.05, 0.1) is 0 Å². The lowest BCUT2D eigenvalue weighted by Crippen LogP contribution is -2.00. The van der Waals surface area contributed by atoms with Crippen molar-refractivity contribution in [2.75, 3.05) is 0 Å². The molecule has 0 aliphatic heterocycles. The van der Waals surface area contributed by atoms with Gasteiger partial charge < -0.3 is 0 Å². The fourth-order valence-electron chi connectivity index (χ4n) is 3.46. The lowest BCUT2D eigenvalue weighted by molar-refractivity contribution is 0.601. The average Bonchev–Trinajstić information content (AvgIpc) is 2.94. The minimum Gasteiger partial charge on any atom is -0.262 e. The Labute approximate surface area is 120 Å². The van der Waals surface area contributed by atoms with Crippen molar-refractivity contribution in [3.8, 4) is 0 Å². The Hall–Kier alpha value is -1.40. The summed E-state index contributed by atoms with van der Waals surface area (Å²) in [6, 6.07) is 8.42. The number of hydrogen-bond donors (Lipinski definition) is 1. The normalized spacial score (nSPS) is 27.8.